The van der Waals surface area contributed by atoms with Gasteiger partial charge in [-0.25, -0.2) is 4.68 Å². The summed E-state index contributed by atoms with van der Waals surface area (Å²) >= 11 is 0. The smallest absolute Gasteiger partial charge is 0.144 e. The van der Waals surface area contributed by atoms with Crippen LogP contribution in [0.3, 0.4) is 0 Å². The number of aromatic nitrogens is 3. The van der Waals surface area contributed by atoms with Crippen molar-refractivity contribution >= 4 is 5.82 Å². The topological polar surface area (TPSA) is 68.8 Å². The Hall–Kier alpha value is -1.10. The maximum Gasteiger partial charge on any atom is 0.144 e. The van der Waals surface area contributed by atoms with Gasteiger partial charge in [-0.2, -0.15) is 0 Å². The van der Waals surface area contributed by atoms with Crippen molar-refractivity contribution in [2.24, 2.45) is 18.7 Å². The van der Waals surface area contributed by atoms with Crippen molar-refractivity contribution in [2.75, 3.05) is 11.9 Å². The van der Waals surface area contributed by atoms with E-state index in [0.717, 1.165) is 12.4 Å². The second kappa shape index (κ2) is 4.23. The molecule has 5 heteroatoms. The molecular weight excluding hydrogens is 166 g/mol. The van der Waals surface area contributed by atoms with Crippen LogP contribution in [0, 0.1) is 5.92 Å². The van der Waals surface area contributed by atoms with Gasteiger partial charge >= 0.3 is 0 Å². The second-order valence-corrected chi connectivity index (χ2v) is 3.53. The first kappa shape index (κ1) is 9.98. The minimum atomic E-state index is 0.162. The zero-order valence-electron chi connectivity index (χ0n) is 8.36. The first-order valence-electron chi connectivity index (χ1n) is 4.45. The Labute approximate surface area is 78.3 Å². The summed E-state index contributed by atoms with van der Waals surface area (Å²) in [5.74, 6) is 1.38. The predicted molar refractivity (Wildman–Crippen MR) is 52.3 cm³/mol. The zero-order chi connectivity index (χ0) is 9.84. The Balaban J connectivity index is 2.39. The van der Waals surface area contributed by atoms with E-state index in [1.165, 1.54) is 0 Å². The SMILES string of the molecule is CC(C)C(N)CNc1cnnn1C. The summed E-state index contributed by atoms with van der Waals surface area (Å²) in [4.78, 5) is 0. The highest BCUT2D eigenvalue weighted by molar-refractivity contribution is 5.30. The highest BCUT2D eigenvalue weighted by Gasteiger charge is 2.07. The summed E-state index contributed by atoms with van der Waals surface area (Å²) < 4.78 is 1.69. The van der Waals surface area contributed by atoms with Crippen LogP contribution in [-0.2, 0) is 7.05 Å². The third kappa shape index (κ3) is 2.69. The highest BCUT2D eigenvalue weighted by Crippen LogP contribution is 2.03. The molecule has 0 bridgehead atoms. The van der Waals surface area contributed by atoms with E-state index >= 15 is 0 Å². The number of nitrogens with one attached hydrogen (secondary N) is 1. The van der Waals surface area contributed by atoms with Crippen molar-refractivity contribution in [3.05, 3.63) is 6.20 Å². The average molecular weight is 183 g/mol. The van der Waals surface area contributed by atoms with Crippen molar-refractivity contribution in [2.45, 2.75) is 19.9 Å². The van der Waals surface area contributed by atoms with Crippen molar-refractivity contribution in [1.29, 1.82) is 0 Å². The molecule has 1 rings (SSSR count). The molecule has 0 radical (unpaired) electrons. The monoisotopic (exact) mass is 183 g/mol. The van der Waals surface area contributed by atoms with Gasteiger partial charge in [-0.3, -0.25) is 0 Å². The summed E-state index contributed by atoms with van der Waals surface area (Å²) in [6.07, 6.45) is 1.69. The molecule has 1 aromatic heterocycles. The fraction of sp³-hybridized carbons (Fsp3) is 0.750. The molecule has 0 aromatic carbocycles. The largest absolute Gasteiger partial charge is 0.367 e. The molecule has 1 heterocycles. The van der Waals surface area contributed by atoms with E-state index in [9.17, 15) is 0 Å². The standard InChI is InChI=1S/C8H17N5/c1-6(2)7(9)4-10-8-5-11-12-13(8)3/h5-7,10H,4,9H2,1-3H3. The van der Waals surface area contributed by atoms with Crippen LogP contribution in [0.2, 0.25) is 0 Å². The quantitative estimate of drug-likeness (QED) is 0.700. The van der Waals surface area contributed by atoms with Crippen LogP contribution in [0.15, 0.2) is 6.20 Å². The second-order valence-electron chi connectivity index (χ2n) is 3.53. The van der Waals surface area contributed by atoms with Crippen molar-refractivity contribution in [3.8, 4) is 0 Å². The highest BCUT2D eigenvalue weighted by atomic mass is 15.4. The lowest BCUT2D eigenvalue weighted by Crippen LogP contribution is -2.34. The van der Waals surface area contributed by atoms with Gasteiger partial charge in [0.25, 0.3) is 0 Å². The van der Waals surface area contributed by atoms with Gasteiger partial charge in [0, 0.05) is 19.6 Å². The van der Waals surface area contributed by atoms with Crippen LogP contribution in [0.5, 0.6) is 0 Å². The molecule has 0 saturated heterocycles. The molecule has 1 aromatic rings. The number of hydrogen-bond donors (Lipinski definition) is 2. The van der Waals surface area contributed by atoms with Gasteiger partial charge in [-0.1, -0.05) is 19.1 Å². The van der Waals surface area contributed by atoms with Crippen LogP contribution in [0.4, 0.5) is 5.82 Å². The minimum Gasteiger partial charge on any atom is -0.367 e. The van der Waals surface area contributed by atoms with Crippen molar-refractivity contribution in [1.82, 2.24) is 15.0 Å². The van der Waals surface area contributed by atoms with Gasteiger partial charge in [0.2, 0.25) is 0 Å². The third-order valence-corrected chi connectivity index (χ3v) is 2.09. The molecule has 5 nitrogen and oxygen atoms in total. The van der Waals surface area contributed by atoms with Crippen LogP contribution < -0.4 is 11.1 Å². The van der Waals surface area contributed by atoms with E-state index in [4.69, 9.17) is 5.73 Å². The van der Waals surface area contributed by atoms with Gasteiger partial charge in [-0.15, -0.1) is 5.10 Å². The zero-order valence-corrected chi connectivity index (χ0v) is 8.36. The molecule has 3 N–H and O–H groups in total. The normalized spacial score (nSPS) is 13.3. The first-order chi connectivity index (χ1) is 6.11. The first-order valence-corrected chi connectivity index (χ1v) is 4.45. The van der Waals surface area contributed by atoms with Crippen LogP contribution in [0.1, 0.15) is 13.8 Å². The fourth-order valence-electron chi connectivity index (χ4n) is 0.908. The molecular formula is C8H17N5. The Morgan fingerprint density at radius 3 is 2.77 bits per heavy atom. The average Bonchev–Trinajstić information content (AvgIpc) is 2.47. The van der Waals surface area contributed by atoms with E-state index in [-0.39, 0.29) is 6.04 Å². The summed E-state index contributed by atoms with van der Waals surface area (Å²) in [5, 5.41) is 10.7. The maximum atomic E-state index is 5.87. The number of hydrogen-bond acceptors (Lipinski definition) is 4. The number of nitrogens with zero attached hydrogens (tertiary/aromatic N) is 3. The lowest BCUT2D eigenvalue weighted by Gasteiger charge is -2.16. The molecule has 0 saturated carbocycles. The summed E-state index contributed by atoms with van der Waals surface area (Å²) in [6, 6.07) is 0.162. The summed E-state index contributed by atoms with van der Waals surface area (Å²) in [5.41, 5.74) is 5.87. The molecule has 1 unspecified atom stereocenters. The Bertz CT molecular complexity index is 255. The van der Waals surface area contributed by atoms with Gasteiger partial charge in [0.05, 0.1) is 6.20 Å². The lowest BCUT2D eigenvalue weighted by atomic mass is 10.1. The Morgan fingerprint density at radius 2 is 2.31 bits per heavy atom. The Kier molecular flexibility index (Phi) is 3.25. The number of anilines is 1. The number of rotatable bonds is 4. The molecule has 0 fully saturated rings. The van der Waals surface area contributed by atoms with Gasteiger partial charge in [-0.05, 0) is 5.92 Å². The van der Waals surface area contributed by atoms with E-state index in [0.29, 0.717) is 5.92 Å². The summed E-state index contributed by atoms with van der Waals surface area (Å²) in [7, 11) is 1.84. The minimum absolute atomic E-state index is 0.162. The molecule has 0 aliphatic rings. The number of aryl methyl sites for hydroxylation is 1. The Morgan fingerprint density at radius 1 is 1.62 bits per heavy atom. The van der Waals surface area contributed by atoms with E-state index in [2.05, 4.69) is 29.5 Å². The molecule has 0 aliphatic carbocycles. The molecule has 0 aliphatic heterocycles. The molecule has 13 heavy (non-hydrogen) atoms. The predicted octanol–water partition coefficient (Wildman–Crippen LogP) is 0.210. The van der Waals surface area contributed by atoms with Gasteiger partial charge in [0.1, 0.15) is 5.82 Å². The maximum absolute atomic E-state index is 5.87. The van der Waals surface area contributed by atoms with Crippen LogP contribution >= 0.6 is 0 Å². The molecule has 1 atom stereocenters. The van der Waals surface area contributed by atoms with Crippen molar-refractivity contribution in [3.63, 3.8) is 0 Å². The van der Waals surface area contributed by atoms with Crippen molar-refractivity contribution < 1.29 is 0 Å². The van der Waals surface area contributed by atoms with Gasteiger partial charge in [0.15, 0.2) is 0 Å². The molecule has 0 spiro atoms. The van der Waals surface area contributed by atoms with E-state index in [1.54, 1.807) is 10.9 Å². The molecule has 0 amide bonds. The molecule has 74 valence electrons. The van der Waals surface area contributed by atoms with E-state index in [1.807, 2.05) is 7.05 Å². The summed E-state index contributed by atoms with van der Waals surface area (Å²) in [6.45, 7) is 4.96. The fourth-order valence-corrected chi connectivity index (χ4v) is 0.908. The van der Waals surface area contributed by atoms with Gasteiger partial charge < -0.3 is 11.1 Å². The van der Waals surface area contributed by atoms with E-state index < -0.39 is 0 Å². The van der Waals surface area contributed by atoms with Crippen LogP contribution in [-0.4, -0.2) is 27.6 Å². The lowest BCUT2D eigenvalue weighted by molar-refractivity contribution is 0.510. The van der Waals surface area contributed by atoms with Crippen LogP contribution in [0.25, 0.3) is 0 Å². The third-order valence-electron chi connectivity index (χ3n) is 2.09. The number of nitrogens with two attached hydrogens (primary N) is 1.